The van der Waals surface area contributed by atoms with Gasteiger partial charge in [-0.1, -0.05) is 11.2 Å². The number of allylic oxidation sites excluding steroid dienone is 1. The number of carbonyl (C=O) groups excluding carboxylic acids is 1. The first kappa shape index (κ1) is 11.8. The van der Waals surface area contributed by atoms with E-state index in [2.05, 4.69) is 5.16 Å². The number of oxime groups is 1. The molecule has 1 aliphatic rings. The number of rotatable bonds is 2. The Kier molecular flexibility index (Phi) is 2.59. The smallest absolute Gasteiger partial charge is 0.281 e. The lowest BCUT2D eigenvalue weighted by Crippen LogP contribution is -2.09. The van der Waals surface area contributed by atoms with Gasteiger partial charge < -0.3 is 10.3 Å². The first-order valence-electron chi connectivity index (χ1n) is 4.93. The van der Waals surface area contributed by atoms with Crippen molar-refractivity contribution in [3.8, 4) is 0 Å². The van der Waals surface area contributed by atoms with Crippen molar-refractivity contribution in [3.05, 3.63) is 45.0 Å². The molecule has 0 bridgehead atoms. The Morgan fingerprint density at radius 1 is 1.44 bits per heavy atom. The minimum Gasteiger partial charge on any atom is -0.506 e. The van der Waals surface area contributed by atoms with Crippen LogP contribution in [0.5, 0.6) is 0 Å². The van der Waals surface area contributed by atoms with Crippen molar-refractivity contribution in [3.63, 3.8) is 0 Å². The van der Waals surface area contributed by atoms with E-state index in [1.807, 2.05) is 0 Å². The normalized spacial score (nSPS) is 14.9. The van der Waals surface area contributed by atoms with Crippen LogP contribution in [-0.4, -0.2) is 26.7 Å². The molecule has 1 aliphatic carbocycles. The molecule has 2 rings (SSSR count). The van der Waals surface area contributed by atoms with E-state index < -0.39 is 16.5 Å². The van der Waals surface area contributed by atoms with E-state index in [1.54, 1.807) is 0 Å². The zero-order valence-electron chi connectivity index (χ0n) is 9.25. The summed E-state index contributed by atoms with van der Waals surface area (Å²) in [4.78, 5) is 22.2. The number of nitro benzene ring substituents is 1. The maximum atomic E-state index is 12.0. The van der Waals surface area contributed by atoms with Crippen LogP contribution < -0.4 is 0 Å². The van der Waals surface area contributed by atoms with Crippen molar-refractivity contribution in [1.29, 1.82) is 0 Å². The number of nitro groups is 1. The molecule has 2 N–H and O–H groups in total. The maximum Gasteiger partial charge on any atom is 0.281 e. The van der Waals surface area contributed by atoms with Crippen molar-refractivity contribution in [2.24, 2.45) is 5.16 Å². The van der Waals surface area contributed by atoms with E-state index in [4.69, 9.17) is 5.21 Å². The molecular formula is C11H8N2O5. The summed E-state index contributed by atoms with van der Waals surface area (Å²) in [7, 11) is 0. The quantitative estimate of drug-likeness (QED) is 0.359. The molecular weight excluding hydrogens is 240 g/mol. The molecule has 1 aromatic rings. The van der Waals surface area contributed by atoms with Crippen molar-refractivity contribution in [2.75, 3.05) is 0 Å². The molecule has 1 aromatic carbocycles. The Morgan fingerprint density at radius 2 is 2.11 bits per heavy atom. The molecule has 0 atom stereocenters. The molecule has 7 heteroatoms. The van der Waals surface area contributed by atoms with E-state index in [0.717, 1.165) is 0 Å². The van der Waals surface area contributed by atoms with Crippen LogP contribution in [-0.2, 0) is 0 Å². The highest BCUT2D eigenvalue weighted by molar-refractivity contribution is 6.36. The van der Waals surface area contributed by atoms with Gasteiger partial charge in [0, 0.05) is 11.6 Å². The number of carbonyl (C=O) groups is 1. The molecule has 92 valence electrons. The molecule has 0 saturated heterocycles. The first-order valence-corrected chi connectivity index (χ1v) is 4.93. The van der Waals surface area contributed by atoms with Crippen LogP contribution in [0.2, 0.25) is 0 Å². The van der Waals surface area contributed by atoms with Gasteiger partial charge in [0.1, 0.15) is 11.3 Å². The van der Waals surface area contributed by atoms with Gasteiger partial charge in [0.25, 0.3) is 5.69 Å². The predicted octanol–water partition coefficient (Wildman–Crippen LogP) is 1.91. The molecule has 0 aromatic heterocycles. The summed E-state index contributed by atoms with van der Waals surface area (Å²) in [5.41, 5.74) is -0.806. The van der Waals surface area contributed by atoms with Crippen molar-refractivity contribution in [1.82, 2.24) is 0 Å². The fourth-order valence-electron chi connectivity index (χ4n) is 1.88. The fraction of sp³-hybridized carbons (Fsp3) is 0.0909. The number of hydrogen-bond donors (Lipinski definition) is 2. The summed E-state index contributed by atoms with van der Waals surface area (Å²) >= 11 is 0. The zero-order valence-corrected chi connectivity index (χ0v) is 9.25. The predicted molar refractivity (Wildman–Crippen MR) is 61.9 cm³/mol. The second-order valence-corrected chi connectivity index (χ2v) is 3.69. The number of ketones is 1. The third-order valence-corrected chi connectivity index (χ3v) is 2.70. The standard InChI is InChI=1S/C11H8N2O5/c1-5(12-16)8-10(14)6-3-2-4-7(13(17)18)9(6)11(8)15/h2-4,14,16H,1H3/b12-5+. The van der Waals surface area contributed by atoms with Crippen LogP contribution in [0.3, 0.4) is 0 Å². The number of aliphatic hydroxyl groups excluding tert-OH is 1. The van der Waals surface area contributed by atoms with Crippen LogP contribution in [0.15, 0.2) is 28.9 Å². The van der Waals surface area contributed by atoms with Gasteiger partial charge in [-0.2, -0.15) is 0 Å². The van der Waals surface area contributed by atoms with Crippen LogP contribution in [0.4, 0.5) is 5.69 Å². The summed E-state index contributed by atoms with van der Waals surface area (Å²) in [6.45, 7) is 1.32. The number of nitrogens with zero attached hydrogens (tertiary/aromatic N) is 2. The van der Waals surface area contributed by atoms with Gasteiger partial charge in [0.05, 0.1) is 16.2 Å². The molecule has 0 spiro atoms. The summed E-state index contributed by atoms with van der Waals surface area (Å²) < 4.78 is 0. The topological polar surface area (TPSA) is 113 Å². The highest BCUT2D eigenvalue weighted by Gasteiger charge is 2.37. The second-order valence-electron chi connectivity index (χ2n) is 3.69. The molecule has 7 nitrogen and oxygen atoms in total. The van der Waals surface area contributed by atoms with Gasteiger partial charge in [0.2, 0.25) is 5.78 Å². The fourth-order valence-corrected chi connectivity index (χ4v) is 1.88. The number of hydrogen-bond acceptors (Lipinski definition) is 6. The average molecular weight is 248 g/mol. The van der Waals surface area contributed by atoms with Crippen LogP contribution >= 0.6 is 0 Å². The van der Waals surface area contributed by atoms with E-state index in [-0.39, 0.29) is 28.1 Å². The Balaban J connectivity index is 2.72. The number of benzene rings is 1. The SMILES string of the molecule is C/C(=N\O)C1=C(O)c2cccc([N+](=O)[O-])c2C1=O. The van der Waals surface area contributed by atoms with Crippen LogP contribution in [0.25, 0.3) is 5.76 Å². The summed E-state index contributed by atoms with van der Waals surface area (Å²) in [5.74, 6) is -1.13. The zero-order chi connectivity index (χ0) is 13.4. The molecule has 18 heavy (non-hydrogen) atoms. The molecule has 0 heterocycles. The highest BCUT2D eigenvalue weighted by Crippen LogP contribution is 2.36. The third kappa shape index (κ3) is 1.45. The van der Waals surface area contributed by atoms with E-state index >= 15 is 0 Å². The van der Waals surface area contributed by atoms with Gasteiger partial charge in [-0.15, -0.1) is 0 Å². The molecule has 0 saturated carbocycles. The van der Waals surface area contributed by atoms with Gasteiger partial charge in [0.15, 0.2) is 0 Å². The number of aliphatic hydroxyl groups is 1. The Morgan fingerprint density at radius 3 is 2.67 bits per heavy atom. The monoisotopic (exact) mass is 248 g/mol. The second kappa shape index (κ2) is 3.95. The lowest BCUT2D eigenvalue weighted by Gasteiger charge is -1.99. The Labute approximate surface area is 101 Å². The van der Waals surface area contributed by atoms with E-state index in [0.29, 0.717) is 0 Å². The molecule has 0 fully saturated rings. The van der Waals surface area contributed by atoms with E-state index in [9.17, 15) is 20.0 Å². The minimum absolute atomic E-state index is 0.0761. The van der Waals surface area contributed by atoms with E-state index in [1.165, 1.54) is 25.1 Å². The third-order valence-electron chi connectivity index (χ3n) is 2.70. The lowest BCUT2D eigenvalue weighted by molar-refractivity contribution is -0.385. The number of Topliss-reactive ketones (excluding diaryl/α,β-unsaturated/α-hetero) is 1. The molecule has 0 radical (unpaired) electrons. The van der Waals surface area contributed by atoms with Crippen molar-refractivity contribution in [2.45, 2.75) is 6.92 Å². The Bertz CT molecular complexity index is 630. The van der Waals surface area contributed by atoms with Crippen LogP contribution in [0.1, 0.15) is 22.8 Å². The van der Waals surface area contributed by atoms with Crippen LogP contribution in [0, 0.1) is 10.1 Å². The van der Waals surface area contributed by atoms with Crippen molar-refractivity contribution >= 4 is 22.9 Å². The molecule has 0 amide bonds. The van der Waals surface area contributed by atoms with Gasteiger partial charge in [-0.3, -0.25) is 14.9 Å². The van der Waals surface area contributed by atoms with Gasteiger partial charge in [-0.05, 0) is 13.0 Å². The molecule has 0 aliphatic heterocycles. The van der Waals surface area contributed by atoms with Crippen molar-refractivity contribution < 1.29 is 20.0 Å². The summed E-state index contributed by atoms with van der Waals surface area (Å²) in [5, 5.41) is 32.2. The number of fused-ring (bicyclic) bond motifs is 1. The lowest BCUT2D eigenvalue weighted by atomic mass is 10.0. The summed E-state index contributed by atoms with van der Waals surface area (Å²) in [6, 6.07) is 3.94. The summed E-state index contributed by atoms with van der Waals surface area (Å²) in [6.07, 6.45) is 0. The largest absolute Gasteiger partial charge is 0.506 e. The van der Waals surface area contributed by atoms with Gasteiger partial charge in [-0.25, -0.2) is 0 Å². The maximum absolute atomic E-state index is 12.0. The highest BCUT2D eigenvalue weighted by atomic mass is 16.6. The molecule has 0 unspecified atom stereocenters. The Hall–Kier alpha value is -2.70. The van der Waals surface area contributed by atoms with Gasteiger partial charge >= 0.3 is 0 Å². The average Bonchev–Trinajstić information content (AvgIpc) is 2.61. The first-order chi connectivity index (χ1) is 8.49. The minimum atomic E-state index is -0.718.